The fourth-order valence-corrected chi connectivity index (χ4v) is 3.15. The second kappa shape index (κ2) is 6.71. The highest BCUT2D eigenvalue weighted by atomic mass is 35.5. The Morgan fingerprint density at radius 2 is 1.90 bits per heavy atom. The van der Waals surface area contributed by atoms with E-state index in [0.29, 0.717) is 0 Å². The van der Waals surface area contributed by atoms with Crippen LogP contribution in [0.25, 0.3) is 10.9 Å². The lowest BCUT2D eigenvalue weighted by Crippen LogP contribution is -2.46. The van der Waals surface area contributed by atoms with Crippen molar-refractivity contribution in [1.82, 2.24) is 14.8 Å². The molecule has 1 aliphatic heterocycles. The van der Waals surface area contributed by atoms with Gasteiger partial charge in [-0.25, -0.2) is 0 Å². The monoisotopic (exact) mass is 305 g/mol. The number of hydrogen-bond acceptors (Lipinski definition) is 4. The first kappa shape index (κ1) is 14.7. The van der Waals surface area contributed by atoms with Crippen molar-refractivity contribution >= 4 is 22.5 Å². The minimum atomic E-state index is 0.239. The molecule has 2 heterocycles. The summed E-state index contributed by atoms with van der Waals surface area (Å²) in [6.45, 7) is 5.93. The molecule has 1 aromatic carbocycles. The van der Waals surface area contributed by atoms with Gasteiger partial charge in [0.25, 0.3) is 0 Å². The molecule has 0 amide bonds. The smallest absolute Gasteiger partial charge is 0.0747 e. The first-order valence-electron chi connectivity index (χ1n) is 7.35. The zero-order valence-corrected chi connectivity index (χ0v) is 12.8. The van der Waals surface area contributed by atoms with Crippen LogP contribution in [0.5, 0.6) is 0 Å². The van der Waals surface area contributed by atoms with Crippen LogP contribution < -0.4 is 0 Å². The van der Waals surface area contributed by atoms with Crippen molar-refractivity contribution in [3.05, 3.63) is 41.0 Å². The zero-order chi connectivity index (χ0) is 14.7. The Bertz CT molecular complexity index is 611. The van der Waals surface area contributed by atoms with Gasteiger partial charge in [0.1, 0.15) is 0 Å². The molecule has 1 N–H and O–H groups in total. The minimum absolute atomic E-state index is 0.239. The molecule has 3 rings (SSSR count). The van der Waals surface area contributed by atoms with Gasteiger partial charge in [-0.1, -0.05) is 17.7 Å². The normalized spacial score (nSPS) is 17.4. The van der Waals surface area contributed by atoms with Gasteiger partial charge in [0.2, 0.25) is 0 Å². The molecule has 1 aromatic heterocycles. The summed E-state index contributed by atoms with van der Waals surface area (Å²) in [4.78, 5) is 9.22. The van der Waals surface area contributed by atoms with E-state index in [1.54, 1.807) is 0 Å². The van der Waals surface area contributed by atoms with Gasteiger partial charge < -0.3 is 5.11 Å². The van der Waals surface area contributed by atoms with Crippen LogP contribution in [-0.2, 0) is 6.54 Å². The second-order valence-corrected chi connectivity index (χ2v) is 5.92. The van der Waals surface area contributed by atoms with Crippen molar-refractivity contribution in [2.24, 2.45) is 0 Å². The molecule has 1 fully saturated rings. The van der Waals surface area contributed by atoms with Crippen LogP contribution in [0.15, 0.2) is 30.5 Å². The fourth-order valence-electron chi connectivity index (χ4n) is 2.90. The lowest BCUT2D eigenvalue weighted by Gasteiger charge is -2.34. The molecule has 0 atom stereocenters. The van der Waals surface area contributed by atoms with E-state index in [4.69, 9.17) is 16.7 Å². The molecule has 0 unspecified atom stereocenters. The van der Waals surface area contributed by atoms with Crippen LogP contribution in [0.1, 0.15) is 5.56 Å². The molecule has 1 aliphatic rings. The fraction of sp³-hybridized carbons (Fsp3) is 0.438. The maximum atomic E-state index is 8.99. The highest BCUT2D eigenvalue weighted by Gasteiger charge is 2.17. The van der Waals surface area contributed by atoms with Gasteiger partial charge in [-0.3, -0.25) is 14.8 Å². The highest BCUT2D eigenvalue weighted by molar-refractivity contribution is 6.31. The number of aliphatic hydroxyl groups is 1. The highest BCUT2D eigenvalue weighted by Crippen LogP contribution is 2.23. The summed E-state index contributed by atoms with van der Waals surface area (Å²) < 4.78 is 0. The lowest BCUT2D eigenvalue weighted by atomic mass is 10.1. The zero-order valence-electron chi connectivity index (χ0n) is 12.0. The van der Waals surface area contributed by atoms with Crippen molar-refractivity contribution in [3.63, 3.8) is 0 Å². The molecular formula is C16H20ClN3O. The second-order valence-electron chi connectivity index (χ2n) is 5.48. The number of β-amino-alcohol motifs (C(OH)–C–C–N with tert-alkyl or cyclic N) is 1. The van der Waals surface area contributed by atoms with Gasteiger partial charge in [-0.15, -0.1) is 0 Å². The number of benzene rings is 1. The number of hydrogen-bond donors (Lipinski definition) is 1. The van der Waals surface area contributed by atoms with Crippen LogP contribution in [0, 0.1) is 0 Å². The van der Waals surface area contributed by atoms with E-state index >= 15 is 0 Å². The van der Waals surface area contributed by atoms with Crippen molar-refractivity contribution in [1.29, 1.82) is 0 Å². The number of aromatic nitrogens is 1. The standard InChI is InChI=1S/C16H20ClN3O/c17-15-10-13-2-1-3-18-16(13)14(11-15)12-20-6-4-19(5-7-20)8-9-21/h1-3,10-11,21H,4-9,12H2. The van der Waals surface area contributed by atoms with Gasteiger partial charge in [0, 0.05) is 55.9 Å². The SMILES string of the molecule is OCCN1CCN(Cc2cc(Cl)cc3cccnc23)CC1. The Hall–Kier alpha value is -1.20. The molecule has 0 aliphatic carbocycles. The van der Waals surface area contributed by atoms with Crippen LogP contribution in [0.2, 0.25) is 5.02 Å². The van der Waals surface area contributed by atoms with E-state index in [9.17, 15) is 0 Å². The molecule has 2 aromatic rings. The van der Waals surface area contributed by atoms with Gasteiger partial charge in [0.05, 0.1) is 12.1 Å². The van der Waals surface area contributed by atoms with Crippen molar-refractivity contribution in [3.8, 4) is 0 Å². The largest absolute Gasteiger partial charge is 0.395 e. The number of halogens is 1. The first-order chi connectivity index (χ1) is 10.3. The molecule has 4 nitrogen and oxygen atoms in total. The third-order valence-electron chi connectivity index (χ3n) is 4.02. The predicted octanol–water partition coefficient (Wildman–Crippen LogP) is 2.00. The Balaban J connectivity index is 1.74. The van der Waals surface area contributed by atoms with E-state index in [1.807, 2.05) is 24.4 Å². The van der Waals surface area contributed by atoms with Crippen LogP contribution >= 0.6 is 11.6 Å². The lowest BCUT2D eigenvalue weighted by molar-refractivity contribution is 0.109. The van der Waals surface area contributed by atoms with E-state index in [0.717, 1.165) is 55.2 Å². The van der Waals surface area contributed by atoms with E-state index < -0.39 is 0 Å². The average molecular weight is 306 g/mol. The van der Waals surface area contributed by atoms with E-state index in [1.165, 1.54) is 5.56 Å². The molecule has 0 bridgehead atoms. The topological polar surface area (TPSA) is 39.6 Å². The summed E-state index contributed by atoms with van der Waals surface area (Å²) in [5.41, 5.74) is 2.23. The summed E-state index contributed by atoms with van der Waals surface area (Å²) in [5, 5.41) is 10.9. The van der Waals surface area contributed by atoms with Crippen LogP contribution in [0.3, 0.4) is 0 Å². The number of pyridine rings is 1. The predicted molar refractivity (Wildman–Crippen MR) is 85.6 cm³/mol. The summed E-state index contributed by atoms with van der Waals surface area (Å²) in [6.07, 6.45) is 1.83. The molecule has 5 heteroatoms. The number of nitrogens with zero attached hydrogens (tertiary/aromatic N) is 3. The molecule has 0 spiro atoms. The summed E-state index contributed by atoms with van der Waals surface area (Å²) >= 11 is 6.22. The maximum Gasteiger partial charge on any atom is 0.0747 e. The van der Waals surface area contributed by atoms with Crippen LogP contribution in [0.4, 0.5) is 0 Å². The van der Waals surface area contributed by atoms with E-state index in [2.05, 4.69) is 20.9 Å². The van der Waals surface area contributed by atoms with E-state index in [-0.39, 0.29) is 6.61 Å². The average Bonchev–Trinajstić information content (AvgIpc) is 2.49. The van der Waals surface area contributed by atoms with Gasteiger partial charge in [-0.05, 0) is 23.8 Å². The molecule has 0 saturated carbocycles. The molecule has 112 valence electrons. The Morgan fingerprint density at radius 3 is 2.67 bits per heavy atom. The molecule has 21 heavy (non-hydrogen) atoms. The third kappa shape index (κ3) is 3.52. The van der Waals surface area contributed by atoms with Crippen molar-refractivity contribution < 1.29 is 5.11 Å². The first-order valence-corrected chi connectivity index (χ1v) is 7.73. The summed E-state index contributed by atoms with van der Waals surface area (Å²) in [5.74, 6) is 0. The molecular weight excluding hydrogens is 286 g/mol. The van der Waals surface area contributed by atoms with Gasteiger partial charge in [0.15, 0.2) is 0 Å². The van der Waals surface area contributed by atoms with Crippen LogP contribution in [-0.4, -0.2) is 59.2 Å². The van der Waals surface area contributed by atoms with Gasteiger partial charge >= 0.3 is 0 Å². The van der Waals surface area contributed by atoms with Crippen molar-refractivity contribution in [2.45, 2.75) is 6.54 Å². The quantitative estimate of drug-likeness (QED) is 0.938. The maximum absolute atomic E-state index is 8.99. The number of piperazine rings is 1. The molecule has 0 radical (unpaired) electrons. The number of aliphatic hydroxyl groups excluding tert-OH is 1. The Labute approximate surface area is 129 Å². The number of fused-ring (bicyclic) bond motifs is 1. The minimum Gasteiger partial charge on any atom is -0.395 e. The molecule has 1 saturated heterocycles. The summed E-state index contributed by atoms with van der Waals surface area (Å²) in [6, 6.07) is 7.98. The van der Waals surface area contributed by atoms with Gasteiger partial charge in [-0.2, -0.15) is 0 Å². The van der Waals surface area contributed by atoms with Crippen molar-refractivity contribution in [2.75, 3.05) is 39.3 Å². The number of rotatable bonds is 4. The Kier molecular flexibility index (Phi) is 4.70. The Morgan fingerprint density at radius 1 is 1.14 bits per heavy atom. The third-order valence-corrected chi connectivity index (χ3v) is 4.24. The summed E-state index contributed by atoms with van der Waals surface area (Å²) in [7, 11) is 0.